The lowest BCUT2D eigenvalue weighted by molar-refractivity contribution is -0.147. The van der Waals surface area contributed by atoms with Crippen LogP contribution in [0.5, 0.6) is 0 Å². The molecule has 2 nitrogen and oxygen atoms in total. The molecule has 0 aromatic heterocycles. The zero-order chi connectivity index (χ0) is 19.0. The van der Waals surface area contributed by atoms with Crippen molar-refractivity contribution in [3.05, 3.63) is 11.6 Å². The van der Waals surface area contributed by atoms with E-state index in [2.05, 4.69) is 19.9 Å². The Morgan fingerprint density at radius 3 is 2.67 bits per heavy atom. The van der Waals surface area contributed by atoms with Crippen molar-refractivity contribution >= 4 is 5.78 Å². The summed E-state index contributed by atoms with van der Waals surface area (Å²) >= 11 is 0. The third kappa shape index (κ3) is 2.20. The summed E-state index contributed by atoms with van der Waals surface area (Å²) in [4.78, 5) is 13.1. The number of hydrogen-bond acceptors (Lipinski definition) is 2. The van der Waals surface area contributed by atoms with E-state index in [9.17, 15) is 9.90 Å². The number of ketones is 1. The summed E-state index contributed by atoms with van der Waals surface area (Å²) in [7, 11) is 0. The number of aliphatic hydroxyl groups is 1. The van der Waals surface area contributed by atoms with Gasteiger partial charge >= 0.3 is 0 Å². The summed E-state index contributed by atoms with van der Waals surface area (Å²) in [5.74, 6) is 3.41. The third-order valence-electron chi connectivity index (χ3n) is 10.7. The zero-order valence-corrected chi connectivity index (χ0v) is 17.6. The number of carbonyl (C=O) groups excluding carboxylic acids is 1. The van der Waals surface area contributed by atoms with Gasteiger partial charge in [-0.1, -0.05) is 38.3 Å². The molecule has 27 heavy (non-hydrogen) atoms. The van der Waals surface area contributed by atoms with Crippen molar-refractivity contribution in [1.82, 2.24) is 0 Å². The third-order valence-corrected chi connectivity index (χ3v) is 10.7. The molecular weight excluding hydrogens is 332 g/mol. The maximum Gasteiger partial charge on any atom is 0.136 e. The minimum Gasteiger partial charge on any atom is -0.393 e. The molecule has 0 saturated heterocycles. The first kappa shape index (κ1) is 18.4. The average molecular weight is 371 g/mol. The highest BCUT2D eigenvalue weighted by molar-refractivity contribution is 5.84. The molecule has 0 amide bonds. The van der Waals surface area contributed by atoms with Crippen molar-refractivity contribution in [3.63, 3.8) is 0 Å². The van der Waals surface area contributed by atoms with E-state index in [0.29, 0.717) is 17.1 Å². The van der Waals surface area contributed by atoms with Gasteiger partial charge in [0.1, 0.15) is 5.78 Å². The van der Waals surface area contributed by atoms with Crippen molar-refractivity contribution < 1.29 is 9.90 Å². The standard InChI is InChI=1S/C25H38O2/c1-16(26)25-11-5-4-6-18(25)15-22-20-8-7-17-14-19(27)9-12-23(17,2)21(20)10-13-24(22,25)3/h7,18-22,27H,4-6,8-15H2,1-3H3/t18-,19-,20-,21+,22-,23-,24-,25-/m0/s1. The summed E-state index contributed by atoms with van der Waals surface area (Å²) in [6, 6.07) is 0. The largest absolute Gasteiger partial charge is 0.393 e. The molecule has 0 bridgehead atoms. The molecule has 0 unspecified atom stereocenters. The molecule has 0 spiro atoms. The Labute approximate surface area is 165 Å². The second-order valence-corrected chi connectivity index (χ2v) is 11.3. The number of rotatable bonds is 1. The van der Waals surface area contributed by atoms with E-state index in [0.717, 1.165) is 43.4 Å². The molecule has 0 heterocycles. The number of aliphatic hydroxyl groups excluding tert-OH is 1. The van der Waals surface area contributed by atoms with Gasteiger partial charge in [0.25, 0.3) is 0 Å². The summed E-state index contributed by atoms with van der Waals surface area (Å²) in [5, 5.41) is 10.2. The Morgan fingerprint density at radius 1 is 1.07 bits per heavy atom. The van der Waals surface area contributed by atoms with Crippen LogP contribution in [-0.2, 0) is 4.79 Å². The van der Waals surface area contributed by atoms with Gasteiger partial charge in [-0.3, -0.25) is 4.79 Å². The maximum atomic E-state index is 13.1. The SMILES string of the molecule is CC(=O)[C@@]12CCCC[C@H]1C[C@H]1[C@H]3CC=C4C[C@@H](O)CC[C@]4(C)[C@@H]3CC[C@@]12C. The molecule has 4 fully saturated rings. The monoisotopic (exact) mass is 370 g/mol. The molecule has 1 N–H and O–H groups in total. The van der Waals surface area contributed by atoms with Crippen LogP contribution >= 0.6 is 0 Å². The van der Waals surface area contributed by atoms with Crippen LogP contribution in [0.15, 0.2) is 11.6 Å². The Hall–Kier alpha value is -0.630. The van der Waals surface area contributed by atoms with E-state index in [1.807, 2.05) is 6.92 Å². The number of hydrogen-bond donors (Lipinski definition) is 1. The van der Waals surface area contributed by atoms with E-state index in [1.54, 1.807) is 5.57 Å². The van der Waals surface area contributed by atoms with Crippen molar-refractivity contribution in [3.8, 4) is 0 Å². The molecule has 0 radical (unpaired) electrons. The average Bonchev–Trinajstić information content (AvgIpc) is 2.92. The molecule has 2 heteroatoms. The van der Waals surface area contributed by atoms with Gasteiger partial charge in [0, 0.05) is 5.41 Å². The molecule has 5 aliphatic carbocycles. The fourth-order valence-corrected chi connectivity index (χ4v) is 9.44. The van der Waals surface area contributed by atoms with Crippen molar-refractivity contribution in [2.75, 3.05) is 0 Å². The van der Waals surface area contributed by atoms with E-state index in [1.165, 1.54) is 44.9 Å². The normalized spacial score (nSPS) is 54.2. The van der Waals surface area contributed by atoms with Gasteiger partial charge in [0.2, 0.25) is 0 Å². The second kappa shape index (κ2) is 5.94. The molecule has 150 valence electrons. The van der Waals surface area contributed by atoms with Gasteiger partial charge in [-0.25, -0.2) is 0 Å². The maximum absolute atomic E-state index is 13.1. The number of fused-ring (bicyclic) bond motifs is 7. The lowest BCUT2D eigenvalue weighted by Crippen LogP contribution is -2.55. The molecule has 8 atom stereocenters. The Balaban J connectivity index is 1.54. The summed E-state index contributed by atoms with van der Waals surface area (Å²) in [6.45, 7) is 6.94. The molecule has 0 aromatic rings. The van der Waals surface area contributed by atoms with Crippen LogP contribution in [0.25, 0.3) is 0 Å². The summed E-state index contributed by atoms with van der Waals surface area (Å²) in [6.07, 6.45) is 15.5. The highest BCUT2D eigenvalue weighted by Crippen LogP contribution is 2.73. The van der Waals surface area contributed by atoms with Gasteiger partial charge < -0.3 is 5.11 Å². The summed E-state index contributed by atoms with van der Waals surface area (Å²) < 4.78 is 0. The van der Waals surface area contributed by atoms with E-state index in [4.69, 9.17) is 0 Å². The minimum atomic E-state index is -0.120. The Morgan fingerprint density at radius 2 is 1.89 bits per heavy atom. The lowest BCUT2D eigenvalue weighted by atomic mass is 9.44. The fourth-order valence-electron chi connectivity index (χ4n) is 9.44. The van der Waals surface area contributed by atoms with Crippen molar-refractivity contribution in [1.29, 1.82) is 0 Å². The smallest absolute Gasteiger partial charge is 0.136 e. The first-order valence-corrected chi connectivity index (χ1v) is 11.7. The van der Waals surface area contributed by atoms with Crippen LogP contribution in [-0.4, -0.2) is 17.0 Å². The zero-order valence-electron chi connectivity index (χ0n) is 17.6. The fraction of sp³-hybridized carbons (Fsp3) is 0.880. The lowest BCUT2D eigenvalue weighted by Gasteiger charge is -2.60. The van der Waals surface area contributed by atoms with Gasteiger partial charge in [0.15, 0.2) is 0 Å². The second-order valence-electron chi connectivity index (χ2n) is 11.3. The summed E-state index contributed by atoms with van der Waals surface area (Å²) in [5.41, 5.74) is 2.07. The van der Waals surface area contributed by atoms with Crippen LogP contribution in [0, 0.1) is 39.9 Å². The van der Waals surface area contributed by atoms with E-state index >= 15 is 0 Å². The quantitative estimate of drug-likeness (QED) is 0.602. The van der Waals surface area contributed by atoms with Gasteiger partial charge in [-0.15, -0.1) is 0 Å². The molecule has 0 aliphatic heterocycles. The first-order valence-electron chi connectivity index (χ1n) is 11.7. The topological polar surface area (TPSA) is 37.3 Å². The van der Waals surface area contributed by atoms with Crippen molar-refractivity contribution in [2.45, 2.75) is 97.5 Å². The Kier molecular flexibility index (Phi) is 4.05. The van der Waals surface area contributed by atoms with Gasteiger partial charge in [-0.05, 0) is 99.2 Å². The predicted molar refractivity (Wildman–Crippen MR) is 108 cm³/mol. The van der Waals surface area contributed by atoms with E-state index in [-0.39, 0.29) is 16.9 Å². The molecular formula is C25H38O2. The number of allylic oxidation sites excluding steroid dienone is 1. The van der Waals surface area contributed by atoms with Crippen LogP contribution in [0.4, 0.5) is 0 Å². The van der Waals surface area contributed by atoms with Gasteiger partial charge in [-0.2, -0.15) is 0 Å². The minimum absolute atomic E-state index is 0.0193. The molecule has 0 aromatic carbocycles. The van der Waals surface area contributed by atoms with E-state index < -0.39 is 0 Å². The van der Waals surface area contributed by atoms with Crippen molar-refractivity contribution in [2.24, 2.45) is 39.9 Å². The van der Waals surface area contributed by atoms with Crippen LogP contribution in [0.2, 0.25) is 0 Å². The van der Waals surface area contributed by atoms with Crippen LogP contribution in [0.1, 0.15) is 91.4 Å². The molecule has 5 aliphatic rings. The highest BCUT2D eigenvalue weighted by atomic mass is 16.3. The molecule has 4 saturated carbocycles. The predicted octanol–water partition coefficient (Wildman–Crippen LogP) is 5.69. The van der Waals surface area contributed by atoms with Crippen LogP contribution in [0.3, 0.4) is 0 Å². The number of carbonyl (C=O) groups is 1. The Bertz CT molecular complexity index is 680. The molecule has 5 rings (SSSR count). The first-order chi connectivity index (χ1) is 12.8. The van der Waals surface area contributed by atoms with Gasteiger partial charge in [0.05, 0.1) is 6.10 Å². The highest BCUT2D eigenvalue weighted by Gasteiger charge is 2.68. The van der Waals surface area contributed by atoms with Crippen LogP contribution < -0.4 is 0 Å². The number of Topliss-reactive ketones (excluding diaryl/α,β-unsaturated/α-hetero) is 1.